The fourth-order valence-corrected chi connectivity index (χ4v) is 2.58. The molecule has 0 amide bonds. The lowest BCUT2D eigenvalue weighted by molar-refractivity contribution is 0.921. The van der Waals surface area contributed by atoms with Gasteiger partial charge in [0.2, 0.25) is 0 Å². The second-order valence-electron chi connectivity index (χ2n) is 4.53. The molecule has 0 heterocycles. The van der Waals surface area contributed by atoms with E-state index < -0.39 is 0 Å². The largest absolute Gasteiger partial charge is 0.384 e. The van der Waals surface area contributed by atoms with E-state index in [2.05, 4.69) is 0 Å². The number of rotatable bonds is 4. The molecule has 0 aromatic heterocycles. The first-order valence-corrected chi connectivity index (χ1v) is 6.83. The van der Waals surface area contributed by atoms with Crippen LogP contribution in [0.3, 0.4) is 0 Å². The monoisotopic (exact) mass is 307 g/mol. The number of halogens is 2. The molecule has 0 bridgehead atoms. The van der Waals surface area contributed by atoms with E-state index in [0.717, 1.165) is 11.3 Å². The summed E-state index contributed by atoms with van der Waals surface area (Å²) in [7, 11) is 1.93. The van der Waals surface area contributed by atoms with Gasteiger partial charge in [0, 0.05) is 24.3 Å². The zero-order valence-electron chi connectivity index (χ0n) is 11.0. The zero-order chi connectivity index (χ0) is 14.7. The number of benzene rings is 2. The Morgan fingerprint density at radius 1 is 1.20 bits per heavy atom. The van der Waals surface area contributed by atoms with Crippen LogP contribution in [0.2, 0.25) is 10.0 Å². The van der Waals surface area contributed by atoms with Crippen LogP contribution in [0.5, 0.6) is 0 Å². The third kappa shape index (κ3) is 3.24. The quantitative estimate of drug-likeness (QED) is 0.664. The standard InChI is InChI=1S/C15H15Cl2N3/c1-20(9-10-4-2-5-11(16)8-10)13-7-3-6-12(17)14(13)15(18)19/h2-8H,9H2,1H3,(H3,18,19). The van der Waals surface area contributed by atoms with Gasteiger partial charge in [-0.05, 0) is 29.8 Å². The predicted molar refractivity (Wildman–Crippen MR) is 86.0 cm³/mol. The molecule has 2 rings (SSSR count). The van der Waals surface area contributed by atoms with Crippen LogP contribution in [0.1, 0.15) is 11.1 Å². The lowest BCUT2D eigenvalue weighted by Gasteiger charge is -2.23. The molecule has 0 saturated carbocycles. The lowest BCUT2D eigenvalue weighted by Crippen LogP contribution is -2.22. The van der Waals surface area contributed by atoms with E-state index in [1.165, 1.54) is 0 Å². The van der Waals surface area contributed by atoms with Crippen molar-refractivity contribution in [3.63, 3.8) is 0 Å². The number of amidine groups is 1. The highest BCUT2D eigenvalue weighted by atomic mass is 35.5. The van der Waals surface area contributed by atoms with Crippen molar-refractivity contribution >= 4 is 34.7 Å². The highest BCUT2D eigenvalue weighted by Gasteiger charge is 2.13. The average molecular weight is 308 g/mol. The summed E-state index contributed by atoms with van der Waals surface area (Å²) in [5, 5.41) is 8.85. The summed E-state index contributed by atoms with van der Waals surface area (Å²) in [6, 6.07) is 13.1. The number of anilines is 1. The van der Waals surface area contributed by atoms with Crippen LogP contribution >= 0.6 is 23.2 Å². The molecule has 0 aliphatic carbocycles. The predicted octanol–water partition coefficient (Wildman–Crippen LogP) is 3.91. The van der Waals surface area contributed by atoms with Crippen molar-refractivity contribution < 1.29 is 0 Å². The molecule has 0 unspecified atom stereocenters. The Morgan fingerprint density at radius 2 is 1.90 bits per heavy atom. The first-order valence-electron chi connectivity index (χ1n) is 6.07. The first kappa shape index (κ1) is 14.7. The smallest absolute Gasteiger partial charge is 0.126 e. The molecule has 0 aliphatic heterocycles. The maximum absolute atomic E-state index is 7.67. The van der Waals surface area contributed by atoms with Crippen LogP contribution in [0.4, 0.5) is 5.69 Å². The molecule has 5 heteroatoms. The summed E-state index contributed by atoms with van der Waals surface area (Å²) >= 11 is 12.1. The number of nitrogens with two attached hydrogens (primary N) is 1. The third-order valence-corrected chi connectivity index (χ3v) is 3.53. The van der Waals surface area contributed by atoms with E-state index in [1.54, 1.807) is 6.07 Å². The molecule has 0 saturated heterocycles. The van der Waals surface area contributed by atoms with E-state index in [9.17, 15) is 0 Å². The SMILES string of the molecule is CN(Cc1cccc(Cl)c1)c1cccc(Cl)c1C(=N)N. The van der Waals surface area contributed by atoms with Crippen molar-refractivity contribution in [2.75, 3.05) is 11.9 Å². The second-order valence-corrected chi connectivity index (χ2v) is 5.38. The van der Waals surface area contributed by atoms with E-state index in [4.69, 9.17) is 34.3 Å². The fourth-order valence-electron chi connectivity index (χ4n) is 2.09. The normalized spacial score (nSPS) is 10.3. The maximum atomic E-state index is 7.67. The van der Waals surface area contributed by atoms with Crippen LogP contribution in [0.15, 0.2) is 42.5 Å². The summed E-state index contributed by atoms with van der Waals surface area (Å²) < 4.78 is 0. The first-order chi connectivity index (χ1) is 9.49. The van der Waals surface area contributed by atoms with Gasteiger partial charge >= 0.3 is 0 Å². The van der Waals surface area contributed by atoms with Crippen LogP contribution < -0.4 is 10.6 Å². The van der Waals surface area contributed by atoms with Gasteiger partial charge in [-0.1, -0.05) is 41.4 Å². The van der Waals surface area contributed by atoms with Crippen molar-refractivity contribution in [1.29, 1.82) is 5.41 Å². The molecule has 0 fully saturated rings. The Kier molecular flexibility index (Phi) is 4.53. The lowest BCUT2D eigenvalue weighted by atomic mass is 10.1. The zero-order valence-corrected chi connectivity index (χ0v) is 12.5. The minimum Gasteiger partial charge on any atom is -0.384 e. The summed E-state index contributed by atoms with van der Waals surface area (Å²) in [5.41, 5.74) is 8.08. The molecule has 104 valence electrons. The molecule has 20 heavy (non-hydrogen) atoms. The van der Waals surface area contributed by atoms with E-state index in [1.807, 2.05) is 48.3 Å². The molecule has 0 spiro atoms. The number of hydrogen-bond acceptors (Lipinski definition) is 2. The maximum Gasteiger partial charge on any atom is 0.126 e. The molecule has 2 aromatic rings. The minimum atomic E-state index is -0.0384. The number of nitrogen functional groups attached to an aromatic ring is 1. The number of nitrogens with one attached hydrogen (secondary N) is 1. The summed E-state index contributed by atoms with van der Waals surface area (Å²) in [6.07, 6.45) is 0. The molecular formula is C15H15Cl2N3. The van der Waals surface area contributed by atoms with Gasteiger partial charge in [-0.15, -0.1) is 0 Å². The highest BCUT2D eigenvalue weighted by molar-refractivity contribution is 6.34. The van der Waals surface area contributed by atoms with E-state index in [-0.39, 0.29) is 5.84 Å². The Balaban J connectivity index is 2.32. The van der Waals surface area contributed by atoms with Crippen LogP contribution in [-0.2, 0) is 6.54 Å². The van der Waals surface area contributed by atoms with Gasteiger partial charge < -0.3 is 10.6 Å². The Bertz CT molecular complexity index is 641. The molecule has 3 N–H and O–H groups in total. The van der Waals surface area contributed by atoms with Gasteiger partial charge in [0.1, 0.15) is 5.84 Å². The Labute approximate surface area is 128 Å². The van der Waals surface area contributed by atoms with Crippen LogP contribution in [0.25, 0.3) is 0 Å². The third-order valence-electron chi connectivity index (χ3n) is 2.98. The van der Waals surface area contributed by atoms with Crippen molar-refractivity contribution in [3.05, 3.63) is 63.6 Å². The van der Waals surface area contributed by atoms with Gasteiger partial charge in [-0.3, -0.25) is 5.41 Å². The van der Waals surface area contributed by atoms with Gasteiger partial charge in [0.15, 0.2) is 0 Å². The summed E-state index contributed by atoms with van der Waals surface area (Å²) in [6.45, 7) is 0.654. The fraction of sp³-hybridized carbons (Fsp3) is 0.133. The molecule has 2 aromatic carbocycles. The average Bonchev–Trinajstić information content (AvgIpc) is 2.37. The van der Waals surface area contributed by atoms with Crippen molar-refractivity contribution in [2.45, 2.75) is 6.54 Å². The Morgan fingerprint density at radius 3 is 2.55 bits per heavy atom. The number of nitrogens with zero attached hydrogens (tertiary/aromatic N) is 1. The van der Waals surface area contributed by atoms with Crippen LogP contribution in [-0.4, -0.2) is 12.9 Å². The van der Waals surface area contributed by atoms with Gasteiger partial charge in [-0.25, -0.2) is 0 Å². The topological polar surface area (TPSA) is 53.1 Å². The molecule has 0 atom stereocenters. The molecular weight excluding hydrogens is 293 g/mol. The van der Waals surface area contributed by atoms with Gasteiger partial charge in [0.05, 0.1) is 10.6 Å². The molecule has 0 aliphatic rings. The van der Waals surface area contributed by atoms with E-state index >= 15 is 0 Å². The molecule has 3 nitrogen and oxygen atoms in total. The number of hydrogen-bond donors (Lipinski definition) is 2. The van der Waals surface area contributed by atoms with E-state index in [0.29, 0.717) is 22.2 Å². The Hall–Kier alpha value is -1.71. The minimum absolute atomic E-state index is 0.0384. The second kappa shape index (κ2) is 6.16. The highest BCUT2D eigenvalue weighted by Crippen LogP contribution is 2.27. The van der Waals surface area contributed by atoms with Crippen LogP contribution in [0, 0.1) is 5.41 Å². The van der Waals surface area contributed by atoms with Gasteiger partial charge in [0.25, 0.3) is 0 Å². The molecule has 0 radical (unpaired) electrons. The summed E-state index contributed by atoms with van der Waals surface area (Å²) in [5.74, 6) is -0.0384. The van der Waals surface area contributed by atoms with Crippen molar-refractivity contribution in [3.8, 4) is 0 Å². The van der Waals surface area contributed by atoms with Gasteiger partial charge in [-0.2, -0.15) is 0 Å². The summed E-state index contributed by atoms with van der Waals surface area (Å²) in [4.78, 5) is 1.99. The van der Waals surface area contributed by atoms with Crippen molar-refractivity contribution in [1.82, 2.24) is 0 Å². The van der Waals surface area contributed by atoms with Crippen molar-refractivity contribution in [2.24, 2.45) is 5.73 Å².